The molecule has 0 atom stereocenters. The lowest BCUT2D eigenvalue weighted by atomic mass is 10.0. The Bertz CT molecular complexity index is 975. The molecule has 1 heteroatoms. The molecule has 1 N–H and O–H groups in total. The molecule has 0 aliphatic rings. The topological polar surface area (TPSA) is 15.8 Å². The molecular formula is C21H17N. The molecule has 0 unspecified atom stereocenters. The van der Waals surface area contributed by atoms with Crippen molar-refractivity contribution in [2.45, 2.75) is 6.92 Å². The molecule has 3 aromatic carbocycles. The highest BCUT2D eigenvalue weighted by atomic mass is 14.7. The van der Waals surface area contributed by atoms with E-state index >= 15 is 0 Å². The Morgan fingerprint density at radius 3 is 2.36 bits per heavy atom. The largest absolute Gasteiger partial charge is 0.354 e. The molecule has 0 fully saturated rings. The number of nitrogens with one attached hydrogen (secondary N) is 1. The van der Waals surface area contributed by atoms with Crippen molar-refractivity contribution in [2.75, 3.05) is 0 Å². The fourth-order valence-electron chi connectivity index (χ4n) is 3.08. The van der Waals surface area contributed by atoms with Gasteiger partial charge in [0.15, 0.2) is 0 Å². The molecular weight excluding hydrogens is 266 g/mol. The maximum absolute atomic E-state index is 3.57. The maximum Gasteiger partial charge on any atom is 0.0541 e. The van der Waals surface area contributed by atoms with E-state index in [2.05, 4.69) is 84.7 Å². The number of hydrogen-bond donors (Lipinski definition) is 1. The summed E-state index contributed by atoms with van der Waals surface area (Å²) in [5.41, 5.74) is 6.17. The number of H-pyrrole nitrogens is 1. The predicted octanol–water partition coefficient (Wildman–Crippen LogP) is 5.88. The highest BCUT2D eigenvalue weighted by Crippen LogP contribution is 2.31. The lowest BCUT2D eigenvalue weighted by molar-refractivity contribution is 1.51. The Labute approximate surface area is 129 Å². The second-order valence-corrected chi connectivity index (χ2v) is 5.64. The molecule has 4 aromatic rings. The molecule has 0 aliphatic heterocycles. The zero-order valence-corrected chi connectivity index (χ0v) is 12.5. The molecule has 0 bridgehead atoms. The van der Waals surface area contributed by atoms with E-state index in [0.29, 0.717) is 0 Å². The van der Waals surface area contributed by atoms with Crippen molar-refractivity contribution in [3.05, 3.63) is 83.9 Å². The smallest absolute Gasteiger partial charge is 0.0541 e. The third kappa shape index (κ3) is 2.11. The Kier molecular flexibility index (Phi) is 3.05. The SMILES string of the molecule is CC(=Cc1ccccc1)c1cccc2c1[nH]c1ccccc12. The molecule has 0 saturated heterocycles. The van der Waals surface area contributed by atoms with Crippen LogP contribution in [0, 0.1) is 0 Å². The minimum atomic E-state index is 1.19. The number of allylic oxidation sites excluding steroid dienone is 1. The van der Waals surface area contributed by atoms with Gasteiger partial charge in [0, 0.05) is 21.9 Å². The minimum absolute atomic E-state index is 1.19. The van der Waals surface area contributed by atoms with Crippen molar-refractivity contribution >= 4 is 33.5 Å². The number of aromatic amines is 1. The molecule has 0 aliphatic carbocycles. The van der Waals surface area contributed by atoms with Crippen LogP contribution >= 0.6 is 0 Å². The summed E-state index contributed by atoms with van der Waals surface area (Å²) in [5, 5.41) is 2.57. The average molecular weight is 283 g/mol. The van der Waals surface area contributed by atoms with Crippen LogP contribution in [0.5, 0.6) is 0 Å². The summed E-state index contributed by atoms with van der Waals surface area (Å²) >= 11 is 0. The first-order chi connectivity index (χ1) is 10.8. The number of aromatic nitrogens is 1. The first kappa shape index (κ1) is 12.9. The lowest BCUT2D eigenvalue weighted by Gasteiger charge is -2.04. The number of hydrogen-bond acceptors (Lipinski definition) is 0. The first-order valence-corrected chi connectivity index (χ1v) is 7.56. The van der Waals surface area contributed by atoms with Crippen LogP contribution < -0.4 is 0 Å². The van der Waals surface area contributed by atoms with Gasteiger partial charge < -0.3 is 4.98 Å². The number of para-hydroxylation sites is 2. The van der Waals surface area contributed by atoms with Gasteiger partial charge in [0.25, 0.3) is 0 Å². The van der Waals surface area contributed by atoms with Crippen LogP contribution in [0.25, 0.3) is 33.5 Å². The Balaban J connectivity index is 1.93. The summed E-state index contributed by atoms with van der Waals surface area (Å²) in [6.07, 6.45) is 2.24. The van der Waals surface area contributed by atoms with Crippen LogP contribution in [0.3, 0.4) is 0 Å². The van der Waals surface area contributed by atoms with E-state index in [1.807, 2.05) is 6.07 Å². The molecule has 0 spiro atoms. The summed E-state index contributed by atoms with van der Waals surface area (Å²) in [6, 6.07) is 25.4. The van der Waals surface area contributed by atoms with Crippen LogP contribution in [0.4, 0.5) is 0 Å². The molecule has 1 nitrogen and oxygen atoms in total. The van der Waals surface area contributed by atoms with Gasteiger partial charge in [-0.25, -0.2) is 0 Å². The van der Waals surface area contributed by atoms with E-state index in [1.54, 1.807) is 0 Å². The monoisotopic (exact) mass is 283 g/mol. The van der Waals surface area contributed by atoms with Gasteiger partial charge in [0.1, 0.15) is 0 Å². The Morgan fingerprint density at radius 1 is 0.773 bits per heavy atom. The van der Waals surface area contributed by atoms with Gasteiger partial charge >= 0.3 is 0 Å². The van der Waals surface area contributed by atoms with E-state index in [9.17, 15) is 0 Å². The van der Waals surface area contributed by atoms with Crippen LogP contribution in [0.15, 0.2) is 72.8 Å². The second kappa shape index (κ2) is 5.19. The number of rotatable bonds is 2. The van der Waals surface area contributed by atoms with Gasteiger partial charge in [-0.3, -0.25) is 0 Å². The highest BCUT2D eigenvalue weighted by molar-refractivity contribution is 6.10. The van der Waals surface area contributed by atoms with E-state index in [0.717, 1.165) is 0 Å². The van der Waals surface area contributed by atoms with Crippen LogP contribution in [0.1, 0.15) is 18.1 Å². The van der Waals surface area contributed by atoms with Crippen LogP contribution in [-0.2, 0) is 0 Å². The maximum atomic E-state index is 3.57. The highest BCUT2D eigenvalue weighted by Gasteiger charge is 2.08. The van der Waals surface area contributed by atoms with E-state index in [4.69, 9.17) is 0 Å². The number of fused-ring (bicyclic) bond motifs is 3. The summed E-state index contributed by atoms with van der Waals surface area (Å²) < 4.78 is 0. The summed E-state index contributed by atoms with van der Waals surface area (Å²) in [5.74, 6) is 0. The summed E-state index contributed by atoms with van der Waals surface area (Å²) in [4.78, 5) is 3.57. The van der Waals surface area contributed by atoms with Gasteiger partial charge in [0.05, 0.1) is 5.52 Å². The zero-order valence-electron chi connectivity index (χ0n) is 12.5. The third-order valence-corrected chi connectivity index (χ3v) is 4.15. The molecule has 4 rings (SSSR count). The molecule has 1 heterocycles. The fraction of sp³-hybridized carbons (Fsp3) is 0.0476. The van der Waals surface area contributed by atoms with E-state index in [-0.39, 0.29) is 0 Å². The summed E-state index contributed by atoms with van der Waals surface area (Å²) in [7, 11) is 0. The zero-order chi connectivity index (χ0) is 14.9. The van der Waals surface area contributed by atoms with Gasteiger partial charge in [-0.15, -0.1) is 0 Å². The van der Waals surface area contributed by atoms with E-state index in [1.165, 1.54) is 38.5 Å². The van der Waals surface area contributed by atoms with E-state index < -0.39 is 0 Å². The first-order valence-electron chi connectivity index (χ1n) is 7.56. The Morgan fingerprint density at radius 2 is 1.50 bits per heavy atom. The minimum Gasteiger partial charge on any atom is -0.354 e. The second-order valence-electron chi connectivity index (χ2n) is 5.64. The lowest BCUT2D eigenvalue weighted by Crippen LogP contribution is -1.83. The molecule has 0 saturated carbocycles. The molecule has 22 heavy (non-hydrogen) atoms. The standard InChI is InChI=1S/C21H17N/c1-15(14-16-8-3-2-4-9-16)17-11-7-12-19-18-10-5-6-13-20(18)22-21(17)19/h2-14,22H,1H3. The molecule has 0 amide bonds. The van der Waals surface area contributed by atoms with Gasteiger partial charge in [-0.1, -0.05) is 72.8 Å². The van der Waals surface area contributed by atoms with Crippen molar-refractivity contribution in [3.63, 3.8) is 0 Å². The molecule has 106 valence electrons. The van der Waals surface area contributed by atoms with Gasteiger partial charge in [-0.2, -0.15) is 0 Å². The van der Waals surface area contributed by atoms with Crippen LogP contribution in [0.2, 0.25) is 0 Å². The van der Waals surface area contributed by atoms with Gasteiger partial charge in [-0.05, 0) is 24.1 Å². The predicted molar refractivity (Wildman–Crippen MR) is 95.8 cm³/mol. The summed E-state index contributed by atoms with van der Waals surface area (Å²) in [6.45, 7) is 2.17. The molecule has 1 aromatic heterocycles. The average Bonchev–Trinajstić information content (AvgIpc) is 2.94. The Hall–Kier alpha value is -2.80. The van der Waals surface area contributed by atoms with Gasteiger partial charge in [0.2, 0.25) is 0 Å². The van der Waals surface area contributed by atoms with Crippen molar-refractivity contribution in [1.29, 1.82) is 0 Å². The fourth-order valence-corrected chi connectivity index (χ4v) is 3.08. The van der Waals surface area contributed by atoms with Crippen molar-refractivity contribution in [3.8, 4) is 0 Å². The third-order valence-electron chi connectivity index (χ3n) is 4.15. The van der Waals surface area contributed by atoms with Crippen LogP contribution in [-0.4, -0.2) is 4.98 Å². The van der Waals surface area contributed by atoms with Crippen molar-refractivity contribution < 1.29 is 0 Å². The van der Waals surface area contributed by atoms with Crippen molar-refractivity contribution in [1.82, 2.24) is 4.98 Å². The normalized spacial score (nSPS) is 12.1. The van der Waals surface area contributed by atoms with Crippen molar-refractivity contribution in [2.24, 2.45) is 0 Å². The quantitative estimate of drug-likeness (QED) is 0.442. The number of benzene rings is 3. The molecule has 0 radical (unpaired) electrons.